The molecule has 0 saturated carbocycles. The van der Waals surface area contributed by atoms with Crippen LogP contribution in [-0.2, 0) is 0 Å². The summed E-state index contributed by atoms with van der Waals surface area (Å²) in [4.78, 5) is 0. The van der Waals surface area contributed by atoms with Crippen LogP contribution < -0.4 is 0 Å². The Morgan fingerprint density at radius 1 is 1.11 bits per heavy atom. The van der Waals surface area contributed by atoms with E-state index in [2.05, 4.69) is 80.3 Å². The van der Waals surface area contributed by atoms with Gasteiger partial charge in [-0.25, -0.2) is 0 Å². The molecule has 4 heteroatoms. The minimum atomic E-state index is -0.0993. The van der Waals surface area contributed by atoms with E-state index in [0.717, 1.165) is 10.0 Å². The molecule has 19 heavy (non-hydrogen) atoms. The van der Waals surface area contributed by atoms with Gasteiger partial charge in [-0.05, 0) is 62.0 Å². The van der Waals surface area contributed by atoms with Crippen molar-refractivity contribution in [3.05, 3.63) is 66.3 Å². The van der Waals surface area contributed by atoms with E-state index in [-0.39, 0.29) is 5.38 Å². The molecule has 1 unspecified atom stereocenters. The monoisotopic (exact) mass is 462 g/mol. The molecule has 0 nitrogen and oxygen atoms in total. The number of fused-ring (bicyclic) bond motifs is 1. The van der Waals surface area contributed by atoms with Crippen LogP contribution in [0.3, 0.4) is 0 Å². The number of rotatable bonds is 2. The fourth-order valence-electron chi connectivity index (χ4n) is 2.14. The average molecular weight is 464 g/mol. The van der Waals surface area contributed by atoms with Crippen LogP contribution in [-0.4, -0.2) is 0 Å². The van der Waals surface area contributed by atoms with Crippen LogP contribution >= 0.6 is 61.5 Å². The third kappa shape index (κ3) is 2.71. The van der Waals surface area contributed by atoms with Crippen molar-refractivity contribution in [2.45, 2.75) is 5.38 Å². The lowest BCUT2D eigenvalue weighted by atomic mass is 9.99. The molecule has 0 saturated heterocycles. The van der Waals surface area contributed by atoms with Crippen molar-refractivity contribution in [3.8, 4) is 0 Å². The van der Waals surface area contributed by atoms with Gasteiger partial charge in [0.05, 0.1) is 8.26 Å². The van der Waals surface area contributed by atoms with Crippen LogP contribution in [0.25, 0.3) is 10.8 Å². The van der Waals surface area contributed by atoms with E-state index in [1.54, 1.807) is 11.3 Å². The molecule has 0 radical (unpaired) electrons. The molecule has 3 aromatic rings. The maximum atomic E-state index is 6.66. The quantitative estimate of drug-likeness (QED) is 0.297. The zero-order chi connectivity index (χ0) is 13.4. The number of hydrogen-bond acceptors (Lipinski definition) is 1. The van der Waals surface area contributed by atoms with Gasteiger partial charge in [-0.2, -0.15) is 0 Å². The molecule has 1 aromatic heterocycles. The number of alkyl halides is 1. The van der Waals surface area contributed by atoms with Crippen molar-refractivity contribution in [3.63, 3.8) is 0 Å². The number of benzene rings is 2. The Balaban J connectivity index is 2.18. The van der Waals surface area contributed by atoms with Crippen LogP contribution in [0.15, 0.2) is 52.3 Å². The second-order valence-electron chi connectivity index (χ2n) is 4.23. The van der Waals surface area contributed by atoms with E-state index >= 15 is 0 Å². The van der Waals surface area contributed by atoms with Crippen LogP contribution in [0.1, 0.15) is 16.5 Å². The maximum Gasteiger partial charge on any atom is 0.0849 e. The Morgan fingerprint density at radius 2 is 1.84 bits per heavy atom. The maximum absolute atomic E-state index is 6.66. The molecule has 3 rings (SSSR count). The molecule has 1 atom stereocenters. The van der Waals surface area contributed by atoms with E-state index in [1.807, 2.05) is 6.07 Å². The van der Waals surface area contributed by atoms with Crippen molar-refractivity contribution < 1.29 is 0 Å². The molecule has 0 spiro atoms. The van der Waals surface area contributed by atoms with E-state index in [0.29, 0.717) is 0 Å². The first kappa shape index (κ1) is 13.9. The zero-order valence-corrected chi connectivity index (χ0v) is 15.1. The highest BCUT2D eigenvalue weighted by Gasteiger charge is 2.16. The molecular weight excluding hydrogens is 454 g/mol. The minimum absolute atomic E-state index is 0.0993. The van der Waals surface area contributed by atoms with Gasteiger partial charge in [0.1, 0.15) is 0 Å². The Kier molecular flexibility index (Phi) is 4.17. The lowest BCUT2D eigenvalue weighted by molar-refractivity contribution is 1.17. The summed E-state index contributed by atoms with van der Waals surface area (Å²) in [5, 5.41) is 4.45. The molecule has 0 aliphatic carbocycles. The topological polar surface area (TPSA) is 0 Å². The summed E-state index contributed by atoms with van der Waals surface area (Å²) in [6.07, 6.45) is 0. The Hall–Kier alpha value is -0.100. The van der Waals surface area contributed by atoms with Crippen LogP contribution in [0.5, 0.6) is 0 Å². The molecule has 0 aliphatic rings. The highest BCUT2D eigenvalue weighted by molar-refractivity contribution is 14.1. The van der Waals surface area contributed by atoms with E-state index < -0.39 is 0 Å². The minimum Gasteiger partial charge on any atom is -0.137 e. The summed E-state index contributed by atoms with van der Waals surface area (Å²) >= 11 is 14.3. The van der Waals surface area contributed by atoms with E-state index in [4.69, 9.17) is 11.6 Å². The van der Waals surface area contributed by atoms with Crippen LogP contribution in [0.2, 0.25) is 0 Å². The summed E-state index contributed by atoms with van der Waals surface area (Å²) in [5.74, 6) is 0. The fourth-order valence-corrected chi connectivity index (χ4v) is 4.41. The lowest BCUT2D eigenvalue weighted by Gasteiger charge is -2.12. The van der Waals surface area contributed by atoms with Crippen LogP contribution in [0, 0.1) is 2.88 Å². The smallest absolute Gasteiger partial charge is 0.0849 e. The first-order valence-corrected chi connectivity index (χ1v) is 8.91. The molecule has 96 valence electrons. The molecule has 0 bridgehead atoms. The van der Waals surface area contributed by atoms with Gasteiger partial charge in [0.15, 0.2) is 0 Å². The summed E-state index contributed by atoms with van der Waals surface area (Å²) in [6.45, 7) is 0. The number of hydrogen-bond donors (Lipinski definition) is 0. The summed E-state index contributed by atoms with van der Waals surface area (Å²) in [6, 6.07) is 14.7. The van der Waals surface area contributed by atoms with Crippen molar-refractivity contribution in [1.29, 1.82) is 0 Å². The van der Waals surface area contributed by atoms with Crippen molar-refractivity contribution >= 4 is 72.2 Å². The van der Waals surface area contributed by atoms with Gasteiger partial charge >= 0.3 is 0 Å². The standard InChI is InChI=1S/C15H9BrClIS/c16-13-6-5-12(10-3-1-2-4-11(10)13)15(17)9-7-14(18)19-8-9/h1-8,15H. The second kappa shape index (κ2) is 5.72. The Labute approximate surface area is 143 Å². The summed E-state index contributed by atoms with van der Waals surface area (Å²) in [7, 11) is 0. The Morgan fingerprint density at radius 3 is 2.53 bits per heavy atom. The largest absolute Gasteiger partial charge is 0.137 e. The normalized spacial score (nSPS) is 12.8. The summed E-state index contributed by atoms with van der Waals surface area (Å²) in [5.41, 5.74) is 2.33. The van der Waals surface area contributed by atoms with Crippen LogP contribution in [0.4, 0.5) is 0 Å². The molecule has 2 aromatic carbocycles. The predicted molar refractivity (Wildman–Crippen MR) is 96.4 cm³/mol. The number of halogens is 3. The van der Waals surface area contributed by atoms with Gasteiger partial charge in [-0.3, -0.25) is 0 Å². The SMILES string of the molecule is ClC(c1csc(I)c1)c1ccc(Br)c2ccccc12. The lowest BCUT2D eigenvalue weighted by Crippen LogP contribution is -1.93. The molecule has 0 aliphatic heterocycles. The second-order valence-corrected chi connectivity index (χ2v) is 8.33. The van der Waals surface area contributed by atoms with Crippen molar-refractivity contribution in [1.82, 2.24) is 0 Å². The highest BCUT2D eigenvalue weighted by Crippen LogP contribution is 2.38. The highest BCUT2D eigenvalue weighted by atomic mass is 127. The first-order valence-electron chi connectivity index (χ1n) is 5.72. The van der Waals surface area contributed by atoms with Gasteiger partial charge in [0, 0.05) is 4.47 Å². The van der Waals surface area contributed by atoms with Gasteiger partial charge < -0.3 is 0 Å². The predicted octanol–water partition coefficient (Wildman–Crippen LogP) is 6.60. The third-order valence-corrected chi connectivity index (χ3v) is 6.04. The van der Waals surface area contributed by atoms with Gasteiger partial charge in [0.2, 0.25) is 0 Å². The Bertz CT molecular complexity index is 738. The van der Waals surface area contributed by atoms with E-state index in [1.165, 1.54) is 19.2 Å². The number of thiophene rings is 1. The van der Waals surface area contributed by atoms with E-state index in [9.17, 15) is 0 Å². The fraction of sp³-hybridized carbons (Fsp3) is 0.0667. The average Bonchev–Trinajstić information content (AvgIpc) is 2.86. The van der Waals surface area contributed by atoms with Gasteiger partial charge in [-0.15, -0.1) is 22.9 Å². The molecule has 0 amide bonds. The summed E-state index contributed by atoms with van der Waals surface area (Å²) < 4.78 is 2.37. The first-order chi connectivity index (χ1) is 9.16. The molecular formula is C15H9BrClIS. The molecule has 1 heterocycles. The van der Waals surface area contributed by atoms with Gasteiger partial charge in [0.25, 0.3) is 0 Å². The molecule has 0 N–H and O–H groups in total. The van der Waals surface area contributed by atoms with Gasteiger partial charge in [-0.1, -0.05) is 46.3 Å². The third-order valence-electron chi connectivity index (χ3n) is 3.06. The van der Waals surface area contributed by atoms with Crippen molar-refractivity contribution in [2.24, 2.45) is 0 Å². The zero-order valence-electron chi connectivity index (χ0n) is 9.74. The molecule has 0 fully saturated rings. The van der Waals surface area contributed by atoms with Crippen molar-refractivity contribution in [2.75, 3.05) is 0 Å².